The van der Waals surface area contributed by atoms with Gasteiger partial charge in [0.2, 0.25) is 11.9 Å². The molecule has 8 nitrogen and oxygen atoms in total. The maximum absolute atomic E-state index is 12.9. The lowest BCUT2D eigenvalue weighted by Gasteiger charge is -2.28. The van der Waals surface area contributed by atoms with Gasteiger partial charge in [0.15, 0.2) is 5.16 Å². The molecule has 0 spiro atoms. The van der Waals surface area contributed by atoms with Crippen LogP contribution in [0.1, 0.15) is 26.3 Å². The highest BCUT2D eigenvalue weighted by atomic mass is 32.2. The van der Waals surface area contributed by atoms with Crippen molar-refractivity contribution in [3.8, 4) is 5.75 Å². The first-order valence-corrected chi connectivity index (χ1v) is 11.1. The Balaban J connectivity index is 1.75. The van der Waals surface area contributed by atoms with Crippen LogP contribution in [0.15, 0.2) is 23.4 Å². The highest BCUT2D eigenvalue weighted by molar-refractivity contribution is 8.00. The van der Waals surface area contributed by atoms with Gasteiger partial charge < -0.3 is 19.7 Å². The molecule has 1 aromatic carbocycles. The average molecular weight is 434 g/mol. The molecule has 164 valence electrons. The van der Waals surface area contributed by atoms with Crippen LogP contribution in [0.4, 0.5) is 11.6 Å². The smallest absolute Gasteiger partial charge is 0.237 e. The summed E-state index contributed by atoms with van der Waals surface area (Å²) in [4.78, 5) is 15.1. The van der Waals surface area contributed by atoms with Crippen LogP contribution in [-0.4, -0.2) is 59.3 Å². The van der Waals surface area contributed by atoms with Gasteiger partial charge in [-0.1, -0.05) is 31.7 Å². The van der Waals surface area contributed by atoms with Crippen molar-refractivity contribution in [2.45, 2.75) is 44.6 Å². The fourth-order valence-corrected chi connectivity index (χ4v) is 4.11. The summed E-state index contributed by atoms with van der Waals surface area (Å²) < 4.78 is 13.0. The molecule has 1 aliphatic heterocycles. The molecule has 0 radical (unpaired) electrons. The number of aromatic nitrogens is 3. The first-order chi connectivity index (χ1) is 14.4. The van der Waals surface area contributed by atoms with Gasteiger partial charge in [0.25, 0.3) is 0 Å². The standard InChI is InChI=1S/C21H31N5O3S/c1-14(2)13-26-20(25-8-10-29-11-9-25)23-24-21(26)30-16(4)19(27)22-17-12-15(3)6-7-18(17)28-5/h6-7,12,14,16H,8-11,13H2,1-5H3,(H,22,27)/t16-/m0/s1. The number of nitrogens with zero attached hydrogens (tertiary/aromatic N) is 4. The predicted molar refractivity (Wildman–Crippen MR) is 120 cm³/mol. The molecule has 0 saturated carbocycles. The van der Waals surface area contributed by atoms with E-state index in [1.807, 2.05) is 32.0 Å². The summed E-state index contributed by atoms with van der Waals surface area (Å²) >= 11 is 1.42. The third kappa shape index (κ3) is 5.46. The third-order valence-corrected chi connectivity index (χ3v) is 5.88. The van der Waals surface area contributed by atoms with Crippen molar-refractivity contribution in [3.63, 3.8) is 0 Å². The van der Waals surface area contributed by atoms with Crippen molar-refractivity contribution in [3.05, 3.63) is 23.8 Å². The van der Waals surface area contributed by atoms with E-state index >= 15 is 0 Å². The van der Waals surface area contributed by atoms with Crippen LogP contribution in [0, 0.1) is 12.8 Å². The zero-order valence-electron chi connectivity index (χ0n) is 18.3. The number of nitrogens with one attached hydrogen (secondary N) is 1. The number of anilines is 2. The Morgan fingerprint density at radius 3 is 2.67 bits per heavy atom. The number of amides is 1. The van der Waals surface area contributed by atoms with Crippen LogP contribution in [0.5, 0.6) is 5.75 Å². The summed E-state index contributed by atoms with van der Waals surface area (Å²) in [5.74, 6) is 1.82. The largest absolute Gasteiger partial charge is 0.495 e. The van der Waals surface area contributed by atoms with Crippen LogP contribution in [-0.2, 0) is 16.1 Å². The van der Waals surface area contributed by atoms with Crippen LogP contribution in [0.25, 0.3) is 0 Å². The SMILES string of the molecule is COc1ccc(C)cc1NC(=O)[C@H](C)Sc1nnc(N2CCOCC2)n1CC(C)C. The van der Waals surface area contributed by atoms with Gasteiger partial charge in [0.1, 0.15) is 5.75 Å². The molecule has 0 unspecified atom stereocenters. The molecule has 3 rings (SSSR count). The Kier molecular flexibility index (Phi) is 7.60. The van der Waals surface area contributed by atoms with E-state index in [4.69, 9.17) is 9.47 Å². The summed E-state index contributed by atoms with van der Waals surface area (Å²) in [6, 6.07) is 5.72. The number of carbonyl (C=O) groups excluding carboxylic acids is 1. The minimum Gasteiger partial charge on any atom is -0.495 e. The summed E-state index contributed by atoms with van der Waals surface area (Å²) in [5, 5.41) is 12.2. The van der Waals surface area contributed by atoms with Crippen molar-refractivity contribution >= 4 is 29.3 Å². The van der Waals surface area contributed by atoms with Crippen LogP contribution in [0.2, 0.25) is 0 Å². The first kappa shape index (κ1) is 22.4. The van der Waals surface area contributed by atoms with E-state index in [1.165, 1.54) is 11.8 Å². The summed E-state index contributed by atoms with van der Waals surface area (Å²) in [7, 11) is 1.60. The molecule has 1 aliphatic rings. The van der Waals surface area contributed by atoms with Crippen molar-refractivity contribution in [1.82, 2.24) is 14.8 Å². The van der Waals surface area contributed by atoms with Crippen molar-refractivity contribution in [2.24, 2.45) is 5.92 Å². The third-order valence-electron chi connectivity index (χ3n) is 4.80. The molecule has 1 atom stereocenters. The second-order valence-electron chi connectivity index (χ2n) is 7.84. The summed E-state index contributed by atoms with van der Waals surface area (Å²) in [6.45, 7) is 12.0. The topological polar surface area (TPSA) is 81.5 Å². The van der Waals surface area contributed by atoms with Gasteiger partial charge in [-0.15, -0.1) is 10.2 Å². The number of hydrogen-bond donors (Lipinski definition) is 1. The fraction of sp³-hybridized carbons (Fsp3) is 0.571. The molecule has 1 N–H and O–H groups in total. The number of aryl methyl sites for hydroxylation is 1. The van der Waals surface area contributed by atoms with E-state index < -0.39 is 0 Å². The minimum atomic E-state index is -0.345. The Hall–Kier alpha value is -2.26. The van der Waals surface area contributed by atoms with Crippen LogP contribution >= 0.6 is 11.8 Å². The lowest BCUT2D eigenvalue weighted by molar-refractivity contribution is -0.115. The normalized spacial score (nSPS) is 15.3. The highest BCUT2D eigenvalue weighted by Crippen LogP contribution is 2.30. The Morgan fingerprint density at radius 1 is 1.27 bits per heavy atom. The molecule has 1 amide bonds. The van der Waals surface area contributed by atoms with Gasteiger partial charge in [0, 0.05) is 19.6 Å². The number of methoxy groups -OCH3 is 1. The van der Waals surface area contributed by atoms with Crippen LogP contribution in [0.3, 0.4) is 0 Å². The quantitative estimate of drug-likeness (QED) is 0.640. The predicted octanol–water partition coefficient (Wildman–Crippen LogP) is 3.21. The fourth-order valence-electron chi connectivity index (χ4n) is 3.26. The molecular weight excluding hydrogens is 402 g/mol. The molecule has 0 aliphatic carbocycles. The van der Waals surface area contributed by atoms with Gasteiger partial charge in [-0.05, 0) is 37.5 Å². The lowest BCUT2D eigenvalue weighted by atomic mass is 10.2. The van der Waals surface area contributed by atoms with Crippen molar-refractivity contribution in [2.75, 3.05) is 43.6 Å². The van der Waals surface area contributed by atoms with Gasteiger partial charge in [-0.2, -0.15) is 0 Å². The molecule has 2 heterocycles. The zero-order valence-corrected chi connectivity index (χ0v) is 19.2. The second kappa shape index (κ2) is 10.2. The molecule has 9 heteroatoms. The minimum absolute atomic E-state index is 0.101. The Bertz CT molecular complexity index is 864. The molecule has 1 aromatic heterocycles. The van der Waals surface area contributed by atoms with Gasteiger partial charge in [-0.25, -0.2) is 0 Å². The number of benzene rings is 1. The van der Waals surface area contributed by atoms with E-state index in [0.29, 0.717) is 30.6 Å². The van der Waals surface area contributed by atoms with E-state index in [0.717, 1.165) is 36.3 Å². The monoisotopic (exact) mass is 433 g/mol. The van der Waals surface area contributed by atoms with Crippen molar-refractivity contribution in [1.29, 1.82) is 0 Å². The summed E-state index contributed by atoms with van der Waals surface area (Å²) in [6.07, 6.45) is 0. The number of rotatable bonds is 8. The Labute approximate surface area is 182 Å². The Morgan fingerprint density at radius 2 is 2.00 bits per heavy atom. The number of morpholine rings is 1. The molecular formula is C21H31N5O3S. The summed E-state index contributed by atoms with van der Waals surface area (Å²) in [5.41, 5.74) is 1.73. The lowest BCUT2D eigenvalue weighted by Crippen LogP contribution is -2.38. The number of ether oxygens (including phenoxy) is 2. The van der Waals surface area contributed by atoms with E-state index in [-0.39, 0.29) is 11.2 Å². The molecule has 0 bridgehead atoms. The van der Waals surface area contributed by atoms with Gasteiger partial charge in [-0.3, -0.25) is 9.36 Å². The number of carbonyl (C=O) groups is 1. The van der Waals surface area contributed by atoms with E-state index in [2.05, 4.69) is 38.8 Å². The second-order valence-corrected chi connectivity index (χ2v) is 9.15. The van der Waals surface area contributed by atoms with Gasteiger partial charge in [0.05, 0.1) is 31.3 Å². The molecule has 30 heavy (non-hydrogen) atoms. The van der Waals surface area contributed by atoms with E-state index in [9.17, 15) is 4.79 Å². The maximum Gasteiger partial charge on any atom is 0.237 e. The molecule has 2 aromatic rings. The van der Waals surface area contributed by atoms with Gasteiger partial charge >= 0.3 is 0 Å². The average Bonchev–Trinajstić information content (AvgIpc) is 3.10. The number of thioether (sulfide) groups is 1. The number of hydrogen-bond acceptors (Lipinski definition) is 7. The van der Waals surface area contributed by atoms with Crippen molar-refractivity contribution < 1.29 is 14.3 Å². The van der Waals surface area contributed by atoms with Crippen LogP contribution < -0.4 is 15.0 Å². The maximum atomic E-state index is 12.9. The zero-order chi connectivity index (χ0) is 21.7. The molecule has 1 saturated heterocycles. The first-order valence-electron chi connectivity index (χ1n) is 10.3. The highest BCUT2D eigenvalue weighted by Gasteiger charge is 2.24. The molecule has 1 fully saturated rings. The van der Waals surface area contributed by atoms with E-state index in [1.54, 1.807) is 7.11 Å².